The van der Waals surface area contributed by atoms with Gasteiger partial charge in [0, 0.05) is 18.6 Å². The highest BCUT2D eigenvalue weighted by atomic mass is 15.2. The molecule has 0 saturated heterocycles. The minimum absolute atomic E-state index is 0.666. The number of unbranched alkanes of at least 4 members (excludes halogenated alkanes) is 2. The predicted molar refractivity (Wildman–Crippen MR) is 69.1 cm³/mol. The molecule has 0 fully saturated rings. The molecule has 0 aromatic carbocycles. The van der Waals surface area contributed by atoms with Crippen LogP contribution in [-0.2, 0) is 0 Å². The van der Waals surface area contributed by atoms with Crippen molar-refractivity contribution in [2.45, 2.75) is 52.6 Å². The van der Waals surface area contributed by atoms with Gasteiger partial charge in [0.2, 0.25) is 0 Å². The molecule has 0 aliphatic carbocycles. The van der Waals surface area contributed by atoms with Gasteiger partial charge < -0.3 is 4.90 Å². The van der Waals surface area contributed by atoms with Gasteiger partial charge in [-0.05, 0) is 67.6 Å². The van der Waals surface area contributed by atoms with Crippen molar-refractivity contribution in [2.24, 2.45) is 0 Å². The van der Waals surface area contributed by atoms with Crippen LogP contribution in [0.5, 0.6) is 0 Å². The quantitative estimate of drug-likeness (QED) is 0.572. The van der Waals surface area contributed by atoms with E-state index in [0.717, 1.165) is 6.54 Å². The van der Waals surface area contributed by atoms with Crippen molar-refractivity contribution in [3.63, 3.8) is 0 Å². The minimum atomic E-state index is 0.666. The summed E-state index contributed by atoms with van der Waals surface area (Å²) in [6.07, 6.45) is 4.89. The molecular formula is C13H29N2. The highest BCUT2D eigenvalue weighted by molar-refractivity contribution is 4.71. The summed E-state index contributed by atoms with van der Waals surface area (Å²) >= 11 is 0. The van der Waals surface area contributed by atoms with E-state index >= 15 is 0 Å². The lowest BCUT2D eigenvalue weighted by molar-refractivity contribution is 0.172. The summed E-state index contributed by atoms with van der Waals surface area (Å²) in [6.45, 7) is 11.4. The van der Waals surface area contributed by atoms with Gasteiger partial charge in [-0.25, -0.2) is 0 Å². The van der Waals surface area contributed by atoms with Gasteiger partial charge in [-0.3, -0.25) is 4.90 Å². The van der Waals surface area contributed by atoms with Crippen LogP contribution in [0.3, 0.4) is 0 Å². The Kier molecular flexibility index (Phi) is 8.07. The normalized spacial score (nSPS) is 12.4. The van der Waals surface area contributed by atoms with Crippen LogP contribution in [0.1, 0.15) is 40.5 Å². The van der Waals surface area contributed by atoms with Gasteiger partial charge >= 0.3 is 0 Å². The third kappa shape index (κ3) is 7.80. The van der Waals surface area contributed by atoms with E-state index in [2.05, 4.69) is 58.0 Å². The van der Waals surface area contributed by atoms with Crippen molar-refractivity contribution in [1.82, 2.24) is 9.80 Å². The molecule has 0 aliphatic heterocycles. The van der Waals surface area contributed by atoms with E-state index in [9.17, 15) is 0 Å². The Morgan fingerprint density at radius 2 is 1.53 bits per heavy atom. The van der Waals surface area contributed by atoms with Gasteiger partial charge in [-0.1, -0.05) is 0 Å². The average Bonchev–Trinajstić information content (AvgIpc) is 2.08. The summed E-state index contributed by atoms with van der Waals surface area (Å²) in [5.74, 6) is 0. The first-order valence-electron chi connectivity index (χ1n) is 6.17. The fourth-order valence-electron chi connectivity index (χ4n) is 1.88. The van der Waals surface area contributed by atoms with E-state index in [1.165, 1.54) is 19.4 Å². The van der Waals surface area contributed by atoms with Crippen LogP contribution in [0.25, 0.3) is 0 Å². The first kappa shape index (κ1) is 14.9. The molecule has 15 heavy (non-hydrogen) atoms. The molecule has 2 nitrogen and oxygen atoms in total. The van der Waals surface area contributed by atoms with E-state index in [4.69, 9.17) is 0 Å². The SMILES string of the molecule is CC(C)N(CCC[CH]CN(C)C)C(C)C. The summed E-state index contributed by atoms with van der Waals surface area (Å²) in [7, 11) is 4.23. The molecule has 0 heterocycles. The predicted octanol–water partition coefficient (Wildman–Crippen LogP) is 2.65. The standard InChI is InChI=1S/C13H29N2/c1-12(2)15(13(3)4)11-9-7-8-10-14(5)6/h8,12-13H,7,9-11H2,1-6H3. The van der Waals surface area contributed by atoms with E-state index in [-0.39, 0.29) is 0 Å². The summed E-state index contributed by atoms with van der Waals surface area (Å²) in [5, 5.41) is 0. The third-order valence-electron chi connectivity index (χ3n) is 2.65. The lowest BCUT2D eigenvalue weighted by Gasteiger charge is -2.30. The minimum Gasteiger partial charge on any atom is -0.309 e. The van der Waals surface area contributed by atoms with Crippen molar-refractivity contribution < 1.29 is 0 Å². The molecule has 0 amide bonds. The molecule has 0 aromatic heterocycles. The molecule has 0 aromatic rings. The number of hydrogen-bond acceptors (Lipinski definition) is 2. The Morgan fingerprint density at radius 1 is 1.00 bits per heavy atom. The van der Waals surface area contributed by atoms with Crippen molar-refractivity contribution in [1.29, 1.82) is 0 Å². The summed E-state index contributed by atoms with van der Waals surface area (Å²) in [5.41, 5.74) is 0. The van der Waals surface area contributed by atoms with Crippen LogP contribution in [0.2, 0.25) is 0 Å². The van der Waals surface area contributed by atoms with Gasteiger partial charge in [0.25, 0.3) is 0 Å². The zero-order valence-electron chi connectivity index (χ0n) is 11.5. The van der Waals surface area contributed by atoms with Crippen LogP contribution >= 0.6 is 0 Å². The Morgan fingerprint density at radius 3 is 1.93 bits per heavy atom. The Labute approximate surface area is 96.6 Å². The summed E-state index contributed by atoms with van der Waals surface area (Å²) in [4.78, 5) is 4.77. The van der Waals surface area contributed by atoms with Crippen LogP contribution in [0.4, 0.5) is 0 Å². The van der Waals surface area contributed by atoms with Crippen LogP contribution in [0, 0.1) is 6.42 Å². The van der Waals surface area contributed by atoms with Crippen LogP contribution in [-0.4, -0.2) is 49.1 Å². The topological polar surface area (TPSA) is 6.48 Å². The maximum atomic E-state index is 2.56. The smallest absolute Gasteiger partial charge is 0.00412 e. The van der Waals surface area contributed by atoms with E-state index in [1.54, 1.807) is 0 Å². The molecule has 0 spiro atoms. The number of rotatable bonds is 8. The molecule has 0 rings (SSSR count). The lowest BCUT2D eigenvalue weighted by Crippen LogP contribution is -2.37. The van der Waals surface area contributed by atoms with E-state index < -0.39 is 0 Å². The zero-order valence-corrected chi connectivity index (χ0v) is 11.5. The third-order valence-corrected chi connectivity index (χ3v) is 2.65. The van der Waals surface area contributed by atoms with Gasteiger partial charge in [0.05, 0.1) is 0 Å². The largest absolute Gasteiger partial charge is 0.309 e. The van der Waals surface area contributed by atoms with Crippen LogP contribution < -0.4 is 0 Å². The molecule has 0 saturated carbocycles. The van der Waals surface area contributed by atoms with E-state index in [0.29, 0.717) is 12.1 Å². The molecule has 0 N–H and O–H groups in total. The molecule has 0 unspecified atom stereocenters. The Balaban J connectivity index is 3.55. The second-order valence-electron chi connectivity index (χ2n) is 5.12. The van der Waals surface area contributed by atoms with Gasteiger partial charge in [0.15, 0.2) is 0 Å². The molecular weight excluding hydrogens is 184 g/mol. The molecule has 91 valence electrons. The Bertz CT molecular complexity index is 133. The molecule has 0 atom stereocenters. The molecule has 2 heteroatoms. The summed E-state index contributed by atoms with van der Waals surface area (Å²) in [6, 6.07) is 1.33. The average molecular weight is 213 g/mol. The molecule has 0 aliphatic rings. The number of nitrogens with zero attached hydrogens (tertiary/aromatic N) is 2. The first-order valence-corrected chi connectivity index (χ1v) is 6.17. The van der Waals surface area contributed by atoms with Gasteiger partial charge in [-0.2, -0.15) is 0 Å². The molecule has 1 radical (unpaired) electrons. The van der Waals surface area contributed by atoms with Crippen molar-refractivity contribution in [3.05, 3.63) is 6.42 Å². The fraction of sp³-hybridized carbons (Fsp3) is 0.923. The van der Waals surface area contributed by atoms with Crippen LogP contribution in [0.15, 0.2) is 0 Å². The Hall–Kier alpha value is -0.0800. The fourth-order valence-corrected chi connectivity index (χ4v) is 1.88. The monoisotopic (exact) mass is 213 g/mol. The number of hydrogen-bond donors (Lipinski definition) is 0. The second-order valence-corrected chi connectivity index (χ2v) is 5.12. The lowest BCUT2D eigenvalue weighted by atomic mass is 10.1. The van der Waals surface area contributed by atoms with Gasteiger partial charge in [-0.15, -0.1) is 0 Å². The maximum absolute atomic E-state index is 2.56. The summed E-state index contributed by atoms with van der Waals surface area (Å²) < 4.78 is 0. The second kappa shape index (κ2) is 8.12. The molecule has 0 bridgehead atoms. The van der Waals surface area contributed by atoms with Crippen molar-refractivity contribution in [2.75, 3.05) is 27.2 Å². The zero-order chi connectivity index (χ0) is 11.8. The van der Waals surface area contributed by atoms with Gasteiger partial charge in [0.1, 0.15) is 0 Å². The maximum Gasteiger partial charge on any atom is 0.00412 e. The first-order chi connectivity index (χ1) is 6.95. The highest BCUT2D eigenvalue weighted by Crippen LogP contribution is 2.07. The van der Waals surface area contributed by atoms with Crippen molar-refractivity contribution in [3.8, 4) is 0 Å². The highest BCUT2D eigenvalue weighted by Gasteiger charge is 2.11. The van der Waals surface area contributed by atoms with E-state index in [1.807, 2.05) is 0 Å². The van der Waals surface area contributed by atoms with Crippen molar-refractivity contribution >= 4 is 0 Å².